The second-order valence-corrected chi connectivity index (χ2v) is 9.31. The van der Waals surface area contributed by atoms with E-state index in [1.807, 2.05) is 84.9 Å². The van der Waals surface area contributed by atoms with Crippen LogP contribution in [0.15, 0.2) is 91.1 Å². The molecule has 0 bridgehead atoms. The fraction of sp³-hybridized carbons (Fsp3) is 0.233. The Morgan fingerprint density at radius 3 is 1.86 bits per heavy atom. The van der Waals surface area contributed by atoms with Crippen molar-refractivity contribution < 1.29 is 24.6 Å². The number of aliphatic carboxylic acids is 2. The highest BCUT2D eigenvalue weighted by Crippen LogP contribution is 2.23. The van der Waals surface area contributed by atoms with Crippen LogP contribution >= 0.6 is 0 Å². The molecular weight excluding hydrogens is 468 g/mol. The van der Waals surface area contributed by atoms with Crippen molar-refractivity contribution in [2.45, 2.75) is 31.7 Å². The number of aromatic amines is 1. The number of benzene rings is 3. The van der Waals surface area contributed by atoms with Gasteiger partial charge in [-0.25, -0.2) is 4.79 Å². The van der Waals surface area contributed by atoms with Crippen LogP contribution in [0.4, 0.5) is 0 Å². The molecule has 1 unspecified atom stereocenters. The molecule has 0 spiro atoms. The molecule has 7 heteroatoms. The number of hydrogen-bond donors (Lipinski definition) is 4. The Bertz CT molecular complexity index is 1350. The van der Waals surface area contributed by atoms with Gasteiger partial charge in [0.25, 0.3) is 0 Å². The predicted octanol–water partition coefficient (Wildman–Crippen LogP) is 4.47. The SMILES string of the molecule is O=C(O)C(Cc1c[nH]c2ccccc12)NC(=O)[C@H](Cc1ccccc1)C[C@@H](Cc1ccccc1)C(=O)O. The third-order valence-electron chi connectivity index (χ3n) is 6.65. The molecule has 0 aliphatic carbocycles. The van der Waals surface area contributed by atoms with Crippen LogP contribution in [-0.4, -0.2) is 39.1 Å². The molecule has 0 fully saturated rings. The van der Waals surface area contributed by atoms with Crippen LogP contribution in [0.25, 0.3) is 10.9 Å². The molecule has 3 atom stereocenters. The summed E-state index contributed by atoms with van der Waals surface area (Å²) in [4.78, 5) is 40.9. The van der Waals surface area contributed by atoms with Crippen molar-refractivity contribution in [2.24, 2.45) is 11.8 Å². The molecule has 0 radical (unpaired) electrons. The lowest BCUT2D eigenvalue weighted by Gasteiger charge is -2.23. The number of nitrogens with one attached hydrogen (secondary N) is 2. The van der Waals surface area contributed by atoms with Gasteiger partial charge in [-0.2, -0.15) is 0 Å². The molecule has 0 aliphatic rings. The topological polar surface area (TPSA) is 119 Å². The third-order valence-corrected chi connectivity index (χ3v) is 6.65. The maximum Gasteiger partial charge on any atom is 0.326 e. The van der Waals surface area contributed by atoms with Gasteiger partial charge in [-0.15, -0.1) is 0 Å². The van der Waals surface area contributed by atoms with Crippen molar-refractivity contribution >= 4 is 28.7 Å². The van der Waals surface area contributed by atoms with E-state index in [4.69, 9.17) is 0 Å². The smallest absolute Gasteiger partial charge is 0.326 e. The van der Waals surface area contributed by atoms with Crippen LogP contribution in [0, 0.1) is 11.8 Å². The van der Waals surface area contributed by atoms with Gasteiger partial charge in [0, 0.05) is 29.4 Å². The van der Waals surface area contributed by atoms with Gasteiger partial charge in [0.05, 0.1) is 5.92 Å². The third kappa shape index (κ3) is 6.85. The quantitative estimate of drug-likeness (QED) is 0.230. The van der Waals surface area contributed by atoms with Crippen LogP contribution in [0.1, 0.15) is 23.1 Å². The minimum Gasteiger partial charge on any atom is -0.481 e. The lowest BCUT2D eigenvalue weighted by molar-refractivity contribution is -0.144. The number of carboxylic acids is 2. The molecule has 37 heavy (non-hydrogen) atoms. The minimum absolute atomic E-state index is 0.0877. The summed E-state index contributed by atoms with van der Waals surface area (Å²) in [6.07, 6.45) is 2.55. The van der Waals surface area contributed by atoms with Crippen LogP contribution in [0.2, 0.25) is 0 Å². The lowest BCUT2D eigenvalue weighted by atomic mass is 9.85. The molecule has 4 N–H and O–H groups in total. The zero-order chi connectivity index (χ0) is 26.2. The lowest BCUT2D eigenvalue weighted by Crippen LogP contribution is -2.46. The van der Waals surface area contributed by atoms with Gasteiger partial charge in [0.15, 0.2) is 0 Å². The number of rotatable bonds is 12. The van der Waals surface area contributed by atoms with E-state index in [1.54, 1.807) is 6.20 Å². The fourth-order valence-corrected chi connectivity index (χ4v) is 4.71. The summed E-state index contributed by atoms with van der Waals surface area (Å²) in [5.74, 6) is -4.09. The van der Waals surface area contributed by atoms with Crippen LogP contribution < -0.4 is 5.32 Å². The molecule has 0 saturated carbocycles. The van der Waals surface area contributed by atoms with Gasteiger partial charge in [0.2, 0.25) is 5.91 Å². The number of H-pyrrole nitrogens is 1. The average molecular weight is 499 g/mol. The van der Waals surface area contributed by atoms with Crippen molar-refractivity contribution in [1.82, 2.24) is 10.3 Å². The second-order valence-electron chi connectivity index (χ2n) is 9.31. The first-order valence-electron chi connectivity index (χ1n) is 12.3. The summed E-state index contributed by atoms with van der Waals surface area (Å²) >= 11 is 0. The Labute approximate surface area is 215 Å². The van der Waals surface area contributed by atoms with Crippen LogP contribution in [-0.2, 0) is 33.6 Å². The first-order chi connectivity index (χ1) is 17.9. The number of aromatic nitrogens is 1. The Hall–Kier alpha value is -4.39. The molecule has 0 aliphatic heterocycles. The van der Waals surface area contributed by atoms with Gasteiger partial charge in [-0.1, -0.05) is 78.9 Å². The number of carbonyl (C=O) groups is 3. The van der Waals surface area contributed by atoms with E-state index in [9.17, 15) is 24.6 Å². The first-order valence-corrected chi connectivity index (χ1v) is 12.3. The largest absolute Gasteiger partial charge is 0.481 e. The highest BCUT2D eigenvalue weighted by Gasteiger charge is 2.31. The molecule has 4 rings (SSSR count). The zero-order valence-corrected chi connectivity index (χ0v) is 20.3. The highest BCUT2D eigenvalue weighted by molar-refractivity contribution is 5.88. The van der Waals surface area contributed by atoms with E-state index in [-0.39, 0.29) is 19.3 Å². The summed E-state index contributed by atoms with van der Waals surface area (Å²) in [7, 11) is 0. The van der Waals surface area contributed by atoms with Gasteiger partial charge >= 0.3 is 11.9 Å². The number of fused-ring (bicyclic) bond motifs is 1. The number of amides is 1. The van der Waals surface area contributed by atoms with E-state index in [0.717, 1.165) is 27.6 Å². The number of carbonyl (C=O) groups excluding carboxylic acids is 1. The molecule has 4 aromatic rings. The van der Waals surface area contributed by atoms with Crippen molar-refractivity contribution in [3.8, 4) is 0 Å². The average Bonchev–Trinajstić information content (AvgIpc) is 3.31. The Morgan fingerprint density at radius 2 is 1.27 bits per heavy atom. The maximum absolute atomic E-state index is 13.5. The molecule has 1 amide bonds. The Morgan fingerprint density at radius 1 is 0.703 bits per heavy atom. The molecule has 0 saturated heterocycles. The van der Waals surface area contributed by atoms with Crippen LogP contribution in [0.5, 0.6) is 0 Å². The summed E-state index contributed by atoms with van der Waals surface area (Å²) in [6.45, 7) is 0. The van der Waals surface area contributed by atoms with E-state index in [1.165, 1.54) is 0 Å². The molecule has 3 aromatic carbocycles. The highest BCUT2D eigenvalue weighted by atomic mass is 16.4. The number of carboxylic acid groups (broad SMARTS) is 2. The van der Waals surface area contributed by atoms with Gasteiger partial charge in [-0.3, -0.25) is 9.59 Å². The molecule has 7 nitrogen and oxygen atoms in total. The fourth-order valence-electron chi connectivity index (χ4n) is 4.71. The Balaban J connectivity index is 1.54. The minimum atomic E-state index is -1.15. The molecule has 1 heterocycles. The van der Waals surface area contributed by atoms with E-state index < -0.39 is 35.7 Å². The van der Waals surface area contributed by atoms with Crippen molar-refractivity contribution in [1.29, 1.82) is 0 Å². The van der Waals surface area contributed by atoms with Gasteiger partial charge in [-0.05, 0) is 42.0 Å². The van der Waals surface area contributed by atoms with E-state index in [2.05, 4.69) is 10.3 Å². The van der Waals surface area contributed by atoms with Gasteiger partial charge < -0.3 is 20.5 Å². The summed E-state index contributed by atoms with van der Waals surface area (Å²) < 4.78 is 0. The number of hydrogen-bond acceptors (Lipinski definition) is 3. The van der Waals surface area contributed by atoms with Crippen molar-refractivity contribution in [2.75, 3.05) is 0 Å². The zero-order valence-electron chi connectivity index (χ0n) is 20.3. The van der Waals surface area contributed by atoms with E-state index in [0.29, 0.717) is 6.42 Å². The second kappa shape index (κ2) is 12.0. The molecule has 190 valence electrons. The Kier molecular flexibility index (Phi) is 8.36. The maximum atomic E-state index is 13.5. The number of para-hydroxylation sites is 1. The summed E-state index contributed by atoms with van der Waals surface area (Å²) in [5.41, 5.74) is 3.43. The monoisotopic (exact) mass is 498 g/mol. The summed E-state index contributed by atoms with van der Waals surface area (Å²) in [6, 6.07) is 25.1. The molecule has 1 aromatic heterocycles. The normalized spacial score (nSPS) is 13.5. The predicted molar refractivity (Wildman–Crippen MR) is 141 cm³/mol. The molecular formula is C30H30N2O5. The van der Waals surface area contributed by atoms with E-state index >= 15 is 0 Å². The van der Waals surface area contributed by atoms with Crippen molar-refractivity contribution in [3.05, 3.63) is 108 Å². The van der Waals surface area contributed by atoms with Crippen LogP contribution in [0.3, 0.4) is 0 Å². The van der Waals surface area contributed by atoms with Crippen molar-refractivity contribution in [3.63, 3.8) is 0 Å². The van der Waals surface area contributed by atoms with Gasteiger partial charge in [0.1, 0.15) is 6.04 Å². The standard InChI is InChI=1S/C30H30N2O5/c33-28(32-27(30(36)37)18-24-19-31-26-14-8-7-13-25(24)26)22(15-20-9-3-1-4-10-20)17-23(29(34)35)16-21-11-5-2-6-12-21/h1-14,19,22-23,27,31H,15-18H2,(H,32,33)(H,34,35)(H,36,37)/t22-,23-,27?/m1/s1. The first kappa shape index (κ1) is 25.7. The summed E-state index contributed by atoms with van der Waals surface area (Å²) in [5, 5.41) is 23.5.